The average Bonchev–Trinajstić information content (AvgIpc) is 2.72. The van der Waals surface area contributed by atoms with Crippen LogP contribution in [0.25, 0.3) is 0 Å². The number of aromatic nitrogens is 2. The summed E-state index contributed by atoms with van der Waals surface area (Å²) in [6, 6.07) is 5.99. The molecule has 3 N–H and O–H groups in total. The summed E-state index contributed by atoms with van der Waals surface area (Å²) >= 11 is 5.74. The van der Waals surface area contributed by atoms with Crippen LogP contribution in [0.15, 0.2) is 35.4 Å². The van der Waals surface area contributed by atoms with Gasteiger partial charge in [-0.2, -0.15) is 5.10 Å². The lowest BCUT2D eigenvalue weighted by atomic mass is 10.3. The van der Waals surface area contributed by atoms with Crippen LogP contribution in [0.4, 0.5) is 5.69 Å². The van der Waals surface area contributed by atoms with Gasteiger partial charge < -0.3 is 5.73 Å². The first kappa shape index (κ1) is 13.9. The number of benzene rings is 1. The van der Waals surface area contributed by atoms with Gasteiger partial charge in [0.1, 0.15) is 4.90 Å². The lowest BCUT2D eigenvalue weighted by Gasteiger charge is -2.09. The maximum absolute atomic E-state index is 12.1. The molecule has 8 heteroatoms. The van der Waals surface area contributed by atoms with Crippen molar-refractivity contribution in [2.24, 2.45) is 7.05 Å². The highest BCUT2D eigenvalue weighted by Crippen LogP contribution is 2.22. The molecule has 0 atom stereocenters. The molecule has 0 saturated carbocycles. The molecule has 1 aromatic heterocycles. The van der Waals surface area contributed by atoms with Crippen LogP contribution >= 0.6 is 11.6 Å². The summed E-state index contributed by atoms with van der Waals surface area (Å²) in [6.07, 6.45) is 1.60. The largest absolute Gasteiger partial charge is 0.398 e. The highest BCUT2D eigenvalue weighted by atomic mass is 35.5. The van der Waals surface area contributed by atoms with Crippen molar-refractivity contribution in [3.63, 3.8) is 0 Å². The number of nitrogens with one attached hydrogen (secondary N) is 1. The predicted octanol–water partition coefficient (Wildman–Crippen LogP) is 1.13. The third-order valence-corrected chi connectivity index (χ3v) is 4.34. The fourth-order valence-electron chi connectivity index (χ4n) is 1.59. The summed E-state index contributed by atoms with van der Waals surface area (Å²) in [5, 5.41) is 4.35. The minimum Gasteiger partial charge on any atom is -0.398 e. The first-order valence-electron chi connectivity index (χ1n) is 5.42. The van der Waals surface area contributed by atoms with E-state index in [0.717, 1.165) is 5.69 Å². The molecule has 2 aromatic rings. The molecule has 1 heterocycles. The van der Waals surface area contributed by atoms with E-state index in [1.807, 2.05) is 0 Å². The number of nitrogens with two attached hydrogens (primary N) is 1. The van der Waals surface area contributed by atoms with Gasteiger partial charge in [-0.25, -0.2) is 13.1 Å². The first-order valence-corrected chi connectivity index (χ1v) is 7.28. The fraction of sp³-hybridized carbons (Fsp3) is 0.182. The minimum absolute atomic E-state index is 0.0130. The lowest BCUT2D eigenvalue weighted by molar-refractivity contribution is 0.577. The van der Waals surface area contributed by atoms with Crippen LogP contribution in [0.5, 0.6) is 0 Å². The second-order valence-corrected chi connectivity index (χ2v) is 6.12. The molecule has 19 heavy (non-hydrogen) atoms. The Balaban J connectivity index is 2.21. The molecule has 102 valence electrons. The Kier molecular flexibility index (Phi) is 3.79. The molecule has 0 aliphatic rings. The van der Waals surface area contributed by atoms with Crippen molar-refractivity contribution in [3.8, 4) is 0 Å². The Morgan fingerprint density at radius 3 is 2.74 bits per heavy atom. The van der Waals surface area contributed by atoms with E-state index in [9.17, 15) is 8.42 Å². The predicted molar refractivity (Wildman–Crippen MR) is 73.1 cm³/mol. The van der Waals surface area contributed by atoms with Crippen LogP contribution in [-0.4, -0.2) is 18.2 Å². The summed E-state index contributed by atoms with van der Waals surface area (Å²) in [5.41, 5.74) is 6.53. The molecule has 2 rings (SSSR count). The van der Waals surface area contributed by atoms with E-state index in [4.69, 9.17) is 17.3 Å². The SMILES string of the molecule is Cn1nccc1CNS(=O)(=O)c1ccc(Cl)cc1N. The standard InChI is InChI=1S/C11H13ClN4O2S/c1-16-9(4-5-14-16)7-15-19(17,18)11-3-2-8(12)6-10(11)13/h2-6,15H,7,13H2,1H3. The van der Waals surface area contributed by atoms with Crippen LogP contribution in [0.3, 0.4) is 0 Å². The summed E-state index contributed by atoms with van der Waals surface area (Å²) in [6.45, 7) is 0.140. The van der Waals surface area contributed by atoms with Gasteiger partial charge in [-0.05, 0) is 24.3 Å². The molecule has 0 aliphatic heterocycles. The Morgan fingerprint density at radius 2 is 2.16 bits per heavy atom. The first-order chi connectivity index (χ1) is 8.90. The topological polar surface area (TPSA) is 90.0 Å². The van der Waals surface area contributed by atoms with Crippen molar-refractivity contribution < 1.29 is 8.42 Å². The summed E-state index contributed by atoms with van der Waals surface area (Å²) in [5.74, 6) is 0. The van der Waals surface area contributed by atoms with Gasteiger partial charge in [-0.15, -0.1) is 0 Å². The average molecular weight is 301 g/mol. The number of aryl methyl sites for hydroxylation is 1. The molecule has 1 aromatic carbocycles. The van der Waals surface area contributed by atoms with Gasteiger partial charge in [-0.3, -0.25) is 4.68 Å². The molecule has 0 fully saturated rings. The number of anilines is 1. The van der Waals surface area contributed by atoms with Crippen molar-refractivity contribution in [3.05, 3.63) is 41.2 Å². The van der Waals surface area contributed by atoms with Crippen LogP contribution in [-0.2, 0) is 23.6 Å². The molecule has 0 spiro atoms. The quantitative estimate of drug-likeness (QED) is 0.828. The van der Waals surface area contributed by atoms with Gasteiger partial charge in [0.05, 0.1) is 17.9 Å². The Hall–Kier alpha value is -1.57. The van der Waals surface area contributed by atoms with Crippen molar-refractivity contribution in [2.75, 3.05) is 5.73 Å². The smallest absolute Gasteiger partial charge is 0.242 e. The number of rotatable bonds is 4. The number of hydrogen-bond donors (Lipinski definition) is 2. The van der Waals surface area contributed by atoms with Crippen LogP contribution < -0.4 is 10.5 Å². The number of sulfonamides is 1. The molecule has 0 aliphatic carbocycles. The Labute approximate surface area is 116 Å². The second-order valence-electron chi connectivity index (χ2n) is 3.95. The van der Waals surface area contributed by atoms with E-state index in [1.165, 1.54) is 18.2 Å². The van der Waals surface area contributed by atoms with Gasteiger partial charge in [-0.1, -0.05) is 11.6 Å². The molecule has 0 radical (unpaired) electrons. The van der Waals surface area contributed by atoms with Gasteiger partial charge in [0, 0.05) is 18.3 Å². The van der Waals surface area contributed by atoms with E-state index in [2.05, 4.69) is 9.82 Å². The maximum Gasteiger partial charge on any atom is 0.242 e. The zero-order valence-electron chi connectivity index (χ0n) is 10.2. The maximum atomic E-state index is 12.1. The highest BCUT2D eigenvalue weighted by molar-refractivity contribution is 7.89. The third-order valence-electron chi connectivity index (χ3n) is 2.63. The van der Waals surface area contributed by atoms with Crippen molar-refractivity contribution in [1.82, 2.24) is 14.5 Å². The van der Waals surface area contributed by atoms with E-state index < -0.39 is 10.0 Å². The fourth-order valence-corrected chi connectivity index (χ4v) is 2.88. The molecule has 0 unspecified atom stereocenters. The number of nitrogens with zero attached hydrogens (tertiary/aromatic N) is 2. The molecule has 6 nitrogen and oxygen atoms in total. The third kappa shape index (κ3) is 3.06. The molecule has 0 bridgehead atoms. The molecule has 0 saturated heterocycles. The molecular formula is C11H13ClN4O2S. The Morgan fingerprint density at radius 1 is 1.42 bits per heavy atom. The number of hydrogen-bond acceptors (Lipinski definition) is 4. The Bertz CT molecular complexity index is 696. The van der Waals surface area contributed by atoms with Gasteiger partial charge >= 0.3 is 0 Å². The van der Waals surface area contributed by atoms with Gasteiger partial charge in [0.2, 0.25) is 10.0 Å². The summed E-state index contributed by atoms with van der Waals surface area (Å²) in [4.78, 5) is 0.0130. The van der Waals surface area contributed by atoms with E-state index in [0.29, 0.717) is 5.02 Å². The van der Waals surface area contributed by atoms with Crippen LogP contribution in [0.1, 0.15) is 5.69 Å². The minimum atomic E-state index is -3.68. The normalized spacial score (nSPS) is 11.7. The zero-order chi connectivity index (χ0) is 14.0. The van der Waals surface area contributed by atoms with Gasteiger partial charge in [0.15, 0.2) is 0 Å². The number of halogens is 1. The van der Waals surface area contributed by atoms with E-state index in [1.54, 1.807) is 24.0 Å². The van der Waals surface area contributed by atoms with Gasteiger partial charge in [0.25, 0.3) is 0 Å². The second kappa shape index (κ2) is 5.20. The number of nitrogen functional groups attached to an aromatic ring is 1. The van der Waals surface area contributed by atoms with Crippen LogP contribution in [0.2, 0.25) is 5.02 Å². The van der Waals surface area contributed by atoms with E-state index >= 15 is 0 Å². The lowest BCUT2D eigenvalue weighted by Crippen LogP contribution is -2.25. The highest BCUT2D eigenvalue weighted by Gasteiger charge is 2.17. The van der Waals surface area contributed by atoms with Crippen molar-refractivity contribution in [1.29, 1.82) is 0 Å². The monoisotopic (exact) mass is 300 g/mol. The molecule has 0 amide bonds. The zero-order valence-corrected chi connectivity index (χ0v) is 11.7. The summed E-state index contributed by atoms with van der Waals surface area (Å²) in [7, 11) is -1.94. The molecular weight excluding hydrogens is 288 g/mol. The van der Waals surface area contributed by atoms with E-state index in [-0.39, 0.29) is 17.1 Å². The summed E-state index contributed by atoms with van der Waals surface area (Å²) < 4.78 is 28.3. The van der Waals surface area contributed by atoms with Crippen LogP contribution in [0, 0.1) is 0 Å². The van der Waals surface area contributed by atoms with Crippen molar-refractivity contribution in [2.45, 2.75) is 11.4 Å². The van der Waals surface area contributed by atoms with Crippen molar-refractivity contribution >= 4 is 27.3 Å².